The van der Waals surface area contributed by atoms with E-state index < -0.39 is 17.4 Å². The average Bonchev–Trinajstić information content (AvgIpc) is 2.62. The van der Waals surface area contributed by atoms with Gasteiger partial charge in [-0.3, -0.25) is 9.59 Å². The third kappa shape index (κ3) is 4.74. The molecular weight excluding hydrogens is 346 g/mol. The van der Waals surface area contributed by atoms with E-state index in [0.717, 1.165) is 6.08 Å². The van der Waals surface area contributed by atoms with Gasteiger partial charge in [0.05, 0.1) is 19.8 Å². The smallest absolute Gasteiger partial charge is 0.296 e. The molecule has 0 aliphatic rings. The fourth-order valence-electron chi connectivity index (χ4n) is 2.01. The molecule has 0 aromatic heterocycles. The molecule has 130 valence electrons. The second kappa shape index (κ2) is 8.21. The van der Waals surface area contributed by atoms with E-state index in [1.165, 1.54) is 20.3 Å². The summed E-state index contributed by atoms with van der Waals surface area (Å²) in [6, 6.07) is 11.0. The molecule has 0 saturated carbocycles. The maximum Gasteiger partial charge on any atom is 0.296 e. The Morgan fingerprint density at radius 2 is 1.76 bits per heavy atom. The second-order valence-electron chi connectivity index (χ2n) is 4.92. The van der Waals surface area contributed by atoms with Gasteiger partial charge >= 0.3 is 0 Å². The number of halogens is 1. The minimum absolute atomic E-state index is 0.231. The number of methoxy groups -OCH3 is 2. The summed E-state index contributed by atoms with van der Waals surface area (Å²) < 4.78 is 10.2. The van der Waals surface area contributed by atoms with Crippen LogP contribution >= 0.6 is 11.6 Å². The predicted octanol–water partition coefficient (Wildman–Crippen LogP) is 3.46. The topological polar surface area (TPSA) is 84.9 Å². The number of ketones is 1. The Morgan fingerprint density at radius 3 is 2.36 bits per heavy atom. The van der Waals surface area contributed by atoms with E-state index in [1.807, 2.05) is 0 Å². The standard InChI is InChI=1S/C18H16ClNO5/c1-24-13-7-8-17(25-2)14(9-13)15(21)10-16(22)18(23)20-12-5-3-11(19)4-6-12/h3-10,21H,1-2H3,(H,20,23)/b15-10+. The van der Waals surface area contributed by atoms with Gasteiger partial charge in [-0.25, -0.2) is 0 Å². The molecule has 25 heavy (non-hydrogen) atoms. The van der Waals surface area contributed by atoms with E-state index in [-0.39, 0.29) is 5.56 Å². The van der Waals surface area contributed by atoms with Crippen molar-refractivity contribution in [3.63, 3.8) is 0 Å². The van der Waals surface area contributed by atoms with Crippen molar-refractivity contribution in [3.8, 4) is 11.5 Å². The first-order valence-corrected chi connectivity index (χ1v) is 7.56. The summed E-state index contributed by atoms with van der Waals surface area (Å²) in [7, 11) is 2.89. The molecule has 0 aliphatic heterocycles. The van der Waals surface area contributed by atoms with E-state index in [4.69, 9.17) is 21.1 Å². The van der Waals surface area contributed by atoms with E-state index in [1.54, 1.807) is 36.4 Å². The number of amides is 1. The molecular formula is C18H16ClNO5. The third-order valence-electron chi connectivity index (χ3n) is 3.28. The molecule has 2 N–H and O–H groups in total. The molecule has 0 unspecified atom stereocenters. The van der Waals surface area contributed by atoms with Crippen LogP contribution in [0.15, 0.2) is 48.5 Å². The van der Waals surface area contributed by atoms with Crippen molar-refractivity contribution in [2.45, 2.75) is 0 Å². The van der Waals surface area contributed by atoms with Crippen LogP contribution in [0.2, 0.25) is 5.02 Å². The van der Waals surface area contributed by atoms with Gasteiger partial charge in [0, 0.05) is 16.8 Å². The van der Waals surface area contributed by atoms with Crippen molar-refractivity contribution < 1.29 is 24.2 Å². The number of carbonyl (C=O) groups excluding carboxylic acids is 2. The third-order valence-corrected chi connectivity index (χ3v) is 3.53. The van der Waals surface area contributed by atoms with Crippen LogP contribution in [0.5, 0.6) is 11.5 Å². The Morgan fingerprint density at radius 1 is 1.08 bits per heavy atom. The Balaban J connectivity index is 2.19. The summed E-state index contributed by atoms with van der Waals surface area (Å²) in [4.78, 5) is 23.9. The number of benzene rings is 2. The van der Waals surface area contributed by atoms with Crippen molar-refractivity contribution in [3.05, 3.63) is 59.1 Å². The molecule has 2 aromatic rings. The van der Waals surface area contributed by atoms with Crippen molar-refractivity contribution in [1.82, 2.24) is 0 Å². The fourth-order valence-corrected chi connectivity index (χ4v) is 2.13. The molecule has 0 saturated heterocycles. The minimum atomic E-state index is -0.919. The Hall–Kier alpha value is -2.99. The van der Waals surface area contributed by atoms with Crippen LogP contribution in [0.25, 0.3) is 5.76 Å². The highest BCUT2D eigenvalue weighted by Crippen LogP contribution is 2.28. The zero-order chi connectivity index (χ0) is 18.4. The molecule has 2 rings (SSSR count). The second-order valence-corrected chi connectivity index (χ2v) is 5.36. The van der Waals surface area contributed by atoms with Crippen molar-refractivity contribution in [1.29, 1.82) is 0 Å². The number of carbonyl (C=O) groups is 2. The summed E-state index contributed by atoms with van der Waals surface area (Å²) in [5.74, 6) is -1.42. The van der Waals surface area contributed by atoms with Gasteiger partial charge in [-0.1, -0.05) is 11.6 Å². The van der Waals surface area contributed by atoms with Gasteiger partial charge in [0.2, 0.25) is 5.78 Å². The summed E-state index contributed by atoms with van der Waals surface area (Å²) in [5, 5.41) is 13.1. The van der Waals surface area contributed by atoms with Crippen LogP contribution < -0.4 is 14.8 Å². The highest BCUT2D eigenvalue weighted by Gasteiger charge is 2.16. The van der Waals surface area contributed by atoms with Crippen LogP contribution in [0.3, 0.4) is 0 Å². The quantitative estimate of drug-likeness (QED) is 0.467. The Bertz CT molecular complexity index is 815. The molecule has 0 radical (unpaired) electrons. The maximum atomic E-state index is 12.0. The van der Waals surface area contributed by atoms with Gasteiger partial charge in [-0.05, 0) is 42.5 Å². The highest BCUT2D eigenvalue weighted by molar-refractivity contribution is 6.45. The fraction of sp³-hybridized carbons (Fsp3) is 0.111. The zero-order valence-corrected chi connectivity index (χ0v) is 14.3. The number of aliphatic hydroxyl groups is 1. The van der Waals surface area contributed by atoms with Crippen LogP contribution in [-0.2, 0) is 9.59 Å². The van der Waals surface area contributed by atoms with Crippen molar-refractivity contribution in [2.75, 3.05) is 19.5 Å². The van der Waals surface area contributed by atoms with Gasteiger partial charge < -0.3 is 19.9 Å². The van der Waals surface area contributed by atoms with Crippen molar-refractivity contribution >= 4 is 34.7 Å². The SMILES string of the molecule is COc1ccc(OC)c(/C(O)=C\C(=O)C(=O)Nc2ccc(Cl)cc2)c1. The normalized spacial score (nSPS) is 10.9. The van der Waals surface area contributed by atoms with Crippen molar-refractivity contribution in [2.24, 2.45) is 0 Å². The number of rotatable bonds is 6. The molecule has 0 atom stereocenters. The average molecular weight is 362 g/mol. The first-order chi connectivity index (χ1) is 11.9. The molecule has 6 nitrogen and oxygen atoms in total. The van der Waals surface area contributed by atoms with Gasteiger partial charge in [0.1, 0.15) is 17.3 Å². The highest BCUT2D eigenvalue weighted by atomic mass is 35.5. The van der Waals surface area contributed by atoms with E-state index in [0.29, 0.717) is 22.2 Å². The lowest BCUT2D eigenvalue weighted by atomic mass is 10.1. The first-order valence-electron chi connectivity index (χ1n) is 7.18. The largest absolute Gasteiger partial charge is 0.507 e. The minimum Gasteiger partial charge on any atom is -0.507 e. The van der Waals surface area contributed by atoms with E-state index in [9.17, 15) is 14.7 Å². The molecule has 7 heteroatoms. The van der Waals surface area contributed by atoms with Gasteiger partial charge in [0.25, 0.3) is 5.91 Å². The van der Waals surface area contributed by atoms with Gasteiger partial charge in [0.15, 0.2) is 0 Å². The summed E-state index contributed by atoms with van der Waals surface area (Å²) >= 11 is 5.76. The van der Waals surface area contributed by atoms with E-state index >= 15 is 0 Å². The van der Waals surface area contributed by atoms with Crippen LogP contribution in [0, 0.1) is 0 Å². The molecule has 0 spiro atoms. The van der Waals surface area contributed by atoms with E-state index in [2.05, 4.69) is 5.32 Å². The molecule has 2 aromatic carbocycles. The lowest BCUT2D eigenvalue weighted by molar-refractivity contribution is -0.131. The van der Waals surface area contributed by atoms with Crippen LogP contribution in [0.4, 0.5) is 5.69 Å². The van der Waals surface area contributed by atoms with Crippen LogP contribution in [-0.4, -0.2) is 31.0 Å². The Labute approximate surface area is 149 Å². The number of aliphatic hydroxyl groups excluding tert-OH is 1. The molecule has 0 fully saturated rings. The number of anilines is 1. The number of hydrogen-bond acceptors (Lipinski definition) is 5. The van der Waals surface area contributed by atoms with Gasteiger partial charge in [-0.15, -0.1) is 0 Å². The molecule has 1 amide bonds. The molecule has 0 heterocycles. The maximum absolute atomic E-state index is 12.0. The molecule has 0 aliphatic carbocycles. The number of hydrogen-bond donors (Lipinski definition) is 2. The number of ether oxygens (including phenoxy) is 2. The number of nitrogens with one attached hydrogen (secondary N) is 1. The molecule has 0 bridgehead atoms. The monoisotopic (exact) mass is 361 g/mol. The van der Waals surface area contributed by atoms with Crippen LogP contribution in [0.1, 0.15) is 5.56 Å². The summed E-state index contributed by atoms with van der Waals surface area (Å²) in [6.07, 6.45) is 0.822. The lowest BCUT2D eigenvalue weighted by Crippen LogP contribution is -2.21. The first kappa shape index (κ1) is 18.4. The predicted molar refractivity (Wildman–Crippen MR) is 95.2 cm³/mol. The van der Waals surface area contributed by atoms with Gasteiger partial charge in [-0.2, -0.15) is 0 Å². The lowest BCUT2D eigenvalue weighted by Gasteiger charge is -2.09. The Kier molecular flexibility index (Phi) is 6.03. The zero-order valence-electron chi connectivity index (χ0n) is 13.6. The summed E-state index contributed by atoms with van der Waals surface area (Å²) in [5.41, 5.74) is 0.643. The summed E-state index contributed by atoms with van der Waals surface area (Å²) in [6.45, 7) is 0.